The summed E-state index contributed by atoms with van der Waals surface area (Å²) >= 11 is 0. The van der Waals surface area contributed by atoms with E-state index in [-0.39, 0.29) is 56.8 Å². The predicted octanol–water partition coefficient (Wildman–Crippen LogP) is 14.1. The standard InChI is InChI=1S/4C15H16O2/c2*1-15(2,11-3-7-13(16)8-4-11)12-5-9-14(17)10-6-12;2*1-2-15(11-3-7-13(16)8-4-11)12-5-9-14(17)10-6-12/h2*3-10,16-17H,1-2H3;2*3-10,15-17H,2H2,1H3. The van der Waals surface area contributed by atoms with Crippen LogP contribution in [0.15, 0.2) is 194 Å². The fourth-order valence-electron chi connectivity index (χ4n) is 8.00. The molecule has 0 saturated carbocycles. The molecule has 8 N–H and O–H groups in total. The Morgan fingerprint density at radius 3 is 0.515 bits per heavy atom. The van der Waals surface area contributed by atoms with Crippen molar-refractivity contribution in [1.82, 2.24) is 0 Å². The van der Waals surface area contributed by atoms with Gasteiger partial charge in [0.15, 0.2) is 0 Å². The average molecular weight is 913 g/mol. The van der Waals surface area contributed by atoms with Crippen LogP contribution in [0.3, 0.4) is 0 Å². The quantitative estimate of drug-likeness (QED) is 0.0673. The fourth-order valence-corrected chi connectivity index (χ4v) is 8.00. The van der Waals surface area contributed by atoms with E-state index in [1.807, 2.05) is 97.1 Å². The van der Waals surface area contributed by atoms with Crippen molar-refractivity contribution in [1.29, 1.82) is 0 Å². The summed E-state index contributed by atoms with van der Waals surface area (Å²) in [4.78, 5) is 0. The van der Waals surface area contributed by atoms with Crippen molar-refractivity contribution in [3.05, 3.63) is 239 Å². The van der Waals surface area contributed by atoms with Crippen LogP contribution in [0, 0.1) is 0 Å². The van der Waals surface area contributed by atoms with Gasteiger partial charge in [-0.05, 0) is 154 Å². The summed E-state index contributed by atoms with van der Waals surface area (Å²) in [6.07, 6.45) is 1.96. The summed E-state index contributed by atoms with van der Waals surface area (Å²) < 4.78 is 0. The van der Waals surface area contributed by atoms with Crippen LogP contribution in [0.1, 0.15) is 111 Å². The maximum absolute atomic E-state index is 9.30. The average Bonchev–Trinajstić information content (AvgIpc) is 3.33. The number of phenolic OH excluding ortho intramolecular Hbond substituents is 8. The first-order valence-electron chi connectivity index (χ1n) is 22.7. The molecule has 8 nitrogen and oxygen atoms in total. The molecule has 352 valence electrons. The Morgan fingerprint density at radius 1 is 0.250 bits per heavy atom. The van der Waals surface area contributed by atoms with Gasteiger partial charge in [-0.2, -0.15) is 0 Å². The van der Waals surface area contributed by atoms with E-state index in [4.69, 9.17) is 0 Å². The maximum Gasteiger partial charge on any atom is 0.115 e. The Kier molecular flexibility index (Phi) is 17.7. The molecule has 0 amide bonds. The molecule has 8 aromatic rings. The smallest absolute Gasteiger partial charge is 0.115 e. The lowest BCUT2D eigenvalue weighted by Gasteiger charge is -2.26. The van der Waals surface area contributed by atoms with Crippen LogP contribution in [-0.4, -0.2) is 40.9 Å². The van der Waals surface area contributed by atoms with Gasteiger partial charge < -0.3 is 40.9 Å². The van der Waals surface area contributed by atoms with Crippen LogP contribution in [0.25, 0.3) is 0 Å². The molecular weight excluding hydrogens is 849 g/mol. The van der Waals surface area contributed by atoms with Crippen molar-refractivity contribution in [3.63, 3.8) is 0 Å². The molecule has 0 radical (unpaired) electrons. The molecule has 8 aromatic carbocycles. The molecular formula is C60H64O8. The second-order valence-electron chi connectivity index (χ2n) is 17.7. The lowest BCUT2D eigenvalue weighted by molar-refractivity contribution is 0.473. The molecule has 0 aromatic heterocycles. The molecule has 68 heavy (non-hydrogen) atoms. The van der Waals surface area contributed by atoms with E-state index in [9.17, 15) is 40.9 Å². The third kappa shape index (κ3) is 14.1. The summed E-state index contributed by atoms with van der Waals surface area (Å²) in [5, 5.41) is 74.3. The van der Waals surface area contributed by atoms with Crippen LogP contribution in [-0.2, 0) is 10.8 Å². The van der Waals surface area contributed by atoms with Gasteiger partial charge in [0.1, 0.15) is 46.0 Å². The van der Waals surface area contributed by atoms with Crippen molar-refractivity contribution in [2.24, 2.45) is 0 Å². The van der Waals surface area contributed by atoms with Gasteiger partial charge in [0, 0.05) is 22.7 Å². The minimum absolute atomic E-state index is 0.151. The van der Waals surface area contributed by atoms with Crippen LogP contribution >= 0.6 is 0 Å². The molecule has 8 heteroatoms. The van der Waals surface area contributed by atoms with Crippen molar-refractivity contribution in [3.8, 4) is 46.0 Å². The van der Waals surface area contributed by atoms with Crippen LogP contribution in [0.5, 0.6) is 46.0 Å². The summed E-state index contributed by atoms with van der Waals surface area (Å²) in [6.45, 7) is 12.7. The molecule has 0 bridgehead atoms. The van der Waals surface area contributed by atoms with E-state index in [2.05, 4.69) is 41.5 Å². The summed E-state index contributed by atoms with van der Waals surface area (Å²) in [5.74, 6) is 2.84. The van der Waals surface area contributed by atoms with Gasteiger partial charge >= 0.3 is 0 Å². The van der Waals surface area contributed by atoms with Gasteiger partial charge in [0.2, 0.25) is 0 Å². The van der Waals surface area contributed by atoms with E-state index >= 15 is 0 Å². The van der Waals surface area contributed by atoms with Gasteiger partial charge in [-0.15, -0.1) is 0 Å². The first-order chi connectivity index (χ1) is 32.4. The van der Waals surface area contributed by atoms with Crippen LogP contribution in [0.2, 0.25) is 0 Å². The van der Waals surface area contributed by atoms with E-state index in [1.165, 1.54) is 22.3 Å². The third-order valence-electron chi connectivity index (χ3n) is 12.4. The zero-order chi connectivity index (χ0) is 49.4. The Labute approximate surface area is 401 Å². The van der Waals surface area contributed by atoms with Gasteiger partial charge in [-0.1, -0.05) is 139 Å². The number of phenols is 8. The molecule has 0 fully saturated rings. The lowest BCUT2D eigenvalue weighted by Crippen LogP contribution is -2.18. The maximum atomic E-state index is 9.30. The van der Waals surface area contributed by atoms with Crippen LogP contribution in [0.4, 0.5) is 0 Å². The fraction of sp³-hybridized carbons (Fsp3) is 0.200. The second-order valence-corrected chi connectivity index (χ2v) is 17.7. The SMILES string of the molecule is CC(C)(c1ccc(O)cc1)c1ccc(O)cc1.CC(C)(c1ccc(O)cc1)c1ccc(O)cc1.CCC(c1ccc(O)cc1)c1ccc(O)cc1.CCC(c1ccc(O)cc1)c1ccc(O)cc1. The highest BCUT2D eigenvalue weighted by Gasteiger charge is 2.24. The monoisotopic (exact) mass is 912 g/mol. The van der Waals surface area contributed by atoms with Gasteiger partial charge in [0.05, 0.1) is 0 Å². The zero-order valence-corrected chi connectivity index (χ0v) is 39.6. The number of hydrogen-bond acceptors (Lipinski definition) is 8. The minimum atomic E-state index is -0.151. The summed E-state index contributed by atoms with van der Waals surface area (Å²) in [5.41, 5.74) is 8.91. The van der Waals surface area contributed by atoms with Crippen LogP contribution < -0.4 is 0 Å². The number of hydrogen-bond donors (Lipinski definition) is 8. The zero-order valence-electron chi connectivity index (χ0n) is 39.6. The molecule has 8 rings (SSSR count). The van der Waals surface area contributed by atoms with E-state index < -0.39 is 0 Å². The minimum Gasteiger partial charge on any atom is -0.508 e. The molecule has 0 atom stereocenters. The summed E-state index contributed by atoms with van der Waals surface area (Å²) in [7, 11) is 0. The topological polar surface area (TPSA) is 162 Å². The van der Waals surface area contributed by atoms with E-state index in [1.54, 1.807) is 97.1 Å². The highest BCUT2D eigenvalue weighted by Crippen LogP contribution is 2.35. The number of benzene rings is 8. The first-order valence-corrected chi connectivity index (χ1v) is 22.7. The van der Waals surface area contributed by atoms with Gasteiger partial charge in [-0.25, -0.2) is 0 Å². The van der Waals surface area contributed by atoms with Crippen molar-refractivity contribution in [2.75, 3.05) is 0 Å². The Balaban J connectivity index is 0.000000169. The Morgan fingerprint density at radius 2 is 0.382 bits per heavy atom. The molecule has 0 aliphatic heterocycles. The van der Waals surface area contributed by atoms with Crippen molar-refractivity contribution in [2.45, 2.75) is 77.0 Å². The summed E-state index contributed by atoms with van der Waals surface area (Å²) in [6, 6.07) is 58.1. The highest BCUT2D eigenvalue weighted by atomic mass is 16.3. The van der Waals surface area contributed by atoms with E-state index in [0.29, 0.717) is 11.8 Å². The Bertz CT molecular complexity index is 2330. The van der Waals surface area contributed by atoms with Gasteiger partial charge in [0.25, 0.3) is 0 Å². The molecule has 0 unspecified atom stereocenters. The molecule has 0 saturated heterocycles. The third-order valence-corrected chi connectivity index (χ3v) is 12.4. The second kappa shape index (κ2) is 23.6. The molecule has 0 heterocycles. The Hall–Kier alpha value is -7.84. The first kappa shape index (κ1) is 51.1. The largest absolute Gasteiger partial charge is 0.508 e. The molecule has 0 aliphatic rings. The van der Waals surface area contributed by atoms with E-state index in [0.717, 1.165) is 35.1 Å². The van der Waals surface area contributed by atoms with Crippen molar-refractivity contribution < 1.29 is 40.9 Å². The number of rotatable bonds is 10. The molecule has 0 spiro atoms. The molecule has 0 aliphatic carbocycles. The highest BCUT2D eigenvalue weighted by molar-refractivity contribution is 5.44. The lowest BCUT2D eigenvalue weighted by atomic mass is 9.78. The normalized spacial score (nSPS) is 11.1. The number of aromatic hydroxyl groups is 8. The van der Waals surface area contributed by atoms with Crippen molar-refractivity contribution >= 4 is 0 Å². The van der Waals surface area contributed by atoms with Gasteiger partial charge in [-0.3, -0.25) is 0 Å². The predicted molar refractivity (Wildman–Crippen MR) is 273 cm³/mol.